The van der Waals surface area contributed by atoms with Gasteiger partial charge >= 0.3 is 0 Å². The number of ether oxygens (including phenoxy) is 1. The van der Waals surface area contributed by atoms with Crippen LogP contribution in [0.5, 0.6) is 5.75 Å². The Labute approximate surface area is 113 Å². The molecule has 0 aliphatic carbocycles. The van der Waals surface area contributed by atoms with E-state index in [0.29, 0.717) is 13.0 Å². The summed E-state index contributed by atoms with van der Waals surface area (Å²) in [5.74, 6) is 0.788. The Bertz CT molecular complexity index is 574. The number of aryl methyl sites for hydroxylation is 1. The highest BCUT2D eigenvalue weighted by Crippen LogP contribution is 2.41. The fraction of sp³-hybridized carbons (Fsp3) is 0.294. The van der Waals surface area contributed by atoms with E-state index in [4.69, 9.17) is 4.74 Å². The van der Waals surface area contributed by atoms with Crippen LogP contribution in [0.2, 0.25) is 0 Å². The second-order valence-corrected chi connectivity index (χ2v) is 5.01. The third-order valence-electron chi connectivity index (χ3n) is 3.89. The van der Waals surface area contributed by atoms with Crippen molar-refractivity contribution in [1.82, 2.24) is 0 Å². The maximum Gasteiger partial charge on any atom is 0.125 e. The largest absolute Gasteiger partial charge is 0.493 e. The number of fused-ring (bicyclic) bond motifs is 1. The molecule has 1 aliphatic heterocycles. The van der Waals surface area contributed by atoms with E-state index in [2.05, 4.69) is 19.1 Å². The summed E-state index contributed by atoms with van der Waals surface area (Å²) in [5.41, 5.74) is 2.17. The lowest BCUT2D eigenvalue weighted by molar-refractivity contribution is 0.0349. The van der Waals surface area contributed by atoms with Gasteiger partial charge in [0.1, 0.15) is 11.4 Å². The van der Waals surface area contributed by atoms with Gasteiger partial charge in [-0.15, -0.1) is 0 Å². The molecule has 2 heteroatoms. The van der Waals surface area contributed by atoms with Crippen LogP contribution in [0.25, 0.3) is 0 Å². The van der Waals surface area contributed by atoms with Crippen LogP contribution >= 0.6 is 0 Å². The minimum atomic E-state index is -0.929. The molecule has 2 aromatic rings. The lowest BCUT2D eigenvalue weighted by Gasteiger charge is -2.34. The average Bonchev–Trinajstić information content (AvgIpc) is 2.48. The average molecular weight is 254 g/mol. The summed E-state index contributed by atoms with van der Waals surface area (Å²) in [6.45, 7) is 2.68. The highest BCUT2D eigenvalue weighted by Gasteiger charge is 2.36. The third-order valence-corrected chi connectivity index (χ3v) is 3.89. The van der Waals surface area contributed by atoms with E-state index in [1.54, 1.807) is 0 Å². The summed E-state index contributed by atoms with van der Waals surface area (Å²) in [5, 5.41) is 11.1. The summed E-state index contributed by atoms with van der Waals surface area (Å²) in [7, 11) is 0. The topological polar surface area (TPSA) is 29.5 Å². The molecule has 0 radical (unpaired) electrons. The standard InChI is InChI=1S/C17H18O2/c1-2-13-7-9-14(10-8-13)17(18)11-12-19-16-6-4-3-5-15(16)17/h3-10,18H,2,11-12H2,1H3. The number of hydrogen-bond donors (Lipinski definition) is 1. The van der Waals surface area contributed by atoms with Crippen molar-refractivity contribution in [2.75, 3.05) is 6.61 Å². The van der Waals surface area contributed by atoms with E-state index >= 15 is 0 Å². The first-order valence-corrected chi connectivity index (χ1v) is 6.78. The molecule has 19 heavy (non-hydrogen) atoms. The smallest absolute Gasteiger partial charge is 0.125 e. The molecule has 1 aliphatic rings. The van der Waals surface area contributed by atoms with Crippen LogP contribution in [0.3, 0.4) is 0 Å². The Morgan fingerprint density at radius 3 is 2.58 bits per heavy atom. The molecule has 3 rings (SSSR count). The number of para-hydroxylation sites is 1. The van der Waals surface area contributed by atoms with Crippen molar-refractivity contribution in [2.45, 2.75) is 25.4 Å². The molecule has 2 nitrogen and oxygen atoms in total. The Balaban J connectivity index is 2.07. The van der Waals surface area contributed by atoms with Crippen molar-refractivity contribution < 1.29 is 9.84 Å². The number of benzene rings is 2. The van der Waals surface area contributed by atoms with Crippen LogP contribution in [-0.2, 0) is 12.0 Å². The second kappa shape index (κ2) is 4.71. The quantitative estimate of drug-likeness (QED) is 0.891. The van der Waals surface area contributed by atoms with Gasteiger partial charge in [-0.25, -0.2) is 0 Å². The SMILES string of the molecule is CCc1ccc(C2(O)CCOc3ccccc32)cc1. The fourth-order valence-corrected chi connectivity index (χ4v) is 2.69. The number of hydrogen-bond acceptors (Lipinski definition) is 2. The van der Waals surface area contributed by atoms with Crippen LogP contribution in [0.4, 0.5) is 0 Å². The summed E-state index contributed by atoms with van der Waals surface area (Å²) in [4.78, 5) is 0. The maximum atomic E-state index is 11.1. The van der Waals surface area contributed by atoms with E-state index in [1.807, 2.05) is 36.4 Å². The van der Waals surface area contributed by atoms with E-state index in [9.17, 15) is 5.11 Å². The molecule has 0 spiro atoms. The highest BCUT2D eigenvalue weighted by atomic mass is 16.5. The predicted octanol–water partition coefficient (Wildman–Crippen LogP) is 3.27. The first-order valence-electron chi connectivity index (χ1n) is 6.78. The van der Waals surface area contributed by atoms with Crippen molar-refractivity contribution in [2.24, 2.45) is 0 Å². The first-order chi connectivity index (χ1) is 9.24. The molecule has 0 saturated carbocycles. The minimum absolute atomic E-state index is 0.545. The molecular formula is C17H18O2. The van der Waals surface area contributed by atoms with Crippen LogP contribution in [0.1, 0.15) is 30.0 Å². The Morgan fingerprint density at radius 2 is 1.84 bits per heavy atom. The van der Waals surface area contributed by atoms with Crippen molar-refractivity contribution >= 4 is 0 Å². The second-order valence-electron chi connectivity index (χ2n) is 5.01. The monoisotopic (exact) mass is 254 g/mol. The molecule has 1 unspecified atom stereocenters. The highest BCUT2D eigenvalue weighted by molar-refractivity contribution is 5.46. The Kier molecular flexibility index (Phi) is 3.03. The van der Waals surface area contributed by atoms with Crippen molar-refractivity contribution in [3.8, 4) is 5.75 Å². The zero-order chi connectivity index (χ0) is 13.3. The van der Waals surface area contributed by atoms with Gasteiger partial charge < -0.3 is 9.84 Å². The third kappa shape index (κ3) is 2.02. The van der Waals surface area contributed by atoms with Gasteiger partial charge in [-0.05, 0) is 23.6 Å². The predicted molar refractivity (Wildman–Crippen MR) is 75.4 cm³/mol. The molecule has 2 aromatic carbocycles. The van der Waals surface area contributed by atoms with Crippen LogP contribution in [-0.4, -0.2) is 11.7 Å². The molecule has 0 bridgehead atoms. The van der Waals surface area contributed by atoms with Gasteiger partial charge in [0.2, 0.25) is 0 Å². The molecule has 1 N–H and O–H groups in total. The zero-order valence-electron chi connectivity index (χ0n) is 11.1. The van der Waals surface area contributed by atoms with E-state index in [-0.39, 0.29) is 0 Å². The summed E-state index contributed by atoms with van der Waals surface area (Å²) in [6, 6.07) is 16.0. The summed E-state index contributed by atoms with van der Waals surface area (Å²) in [6.07, 6.45) is 1.61. The zero-order valence-corrected chi connectivity index (χ0v) is 11.1. The van der Waals surface area contributed by atoms with E-state index < -0.39 is 5.60 Å². The van der Waals surface area contributed by atoms with E-state index in [0.717, 1.165) is 23.3 Å². The van der Waals surface area contributed by atoms with Crippen LogP contribution in [0.15, 0.2) is 48.5 Å². The van der Waals surface area contributed by atoms with E-state index in [1.165, 1.54) is 5.56 Å². The minimum Gasteiger partial charge on any atom is -0.493 e. The van der Waals surface area contributed by atoms with Crippen molar-refractivity contribution in [1.29, 1.82) is 0 Å². The van der Waals surface area contributed by atoms with Gasteiger partial charge in [-0.1, -0.05) is 49.4 Å². The number of aliphatic hydroxyl groups is 1. The number of rotatable bonds is 2. The van der Waals surface area contributed by atoms with Gasteiger partial charge in [0.25, 0.3) is 0 Å². The van der Waals surface area contributed by atoms with Gasteiger partial charge in [-0.2, -0.15) is 0 Å². The van der Waals surface area contributed by atoms with Gasteiger partial charge in [0.05, 0.1) is 6.61 Å². The molecule has 98 valence electrons. The molecular weight excluding hydrogens is 236 g/mol. The Morgan fingerprint density at radius 1 is 1.11 bits per heavy atom. The maximum absolute atomic E-state index is 11.1. The summed E-state index contributed by atoms with van der Waals surface area (Å²) < 4.78 is 5.63. The summed E-state index contributed by atoms with van der Waals surface area (Å²) >= 11 is 0. The van der Waals surface area contributed by atoms with Crippen LogP contribution in [0, 0.1) is 0 Å². The first kappa shape index (κ1) is 12.2. The molecule has 1 atom stereocenters. The molecule has 0 aromatic heterocycles. The van der Waals surface area contributed by atoms with Crippen molar-refractivity contribution in [3.05, 3.63) is 65.2 Å². The van der Waals surface area contributed by atoms with Gasteiger partial charge in [-0.3, -0.25) is 0 Å². The molecule has 0 fully saturated rings. The molecule has 1 heterocycles. The van der Waals surface area contributed by atoms with Gasteiger partial charge in [0.15, 0.2) is 0 Å². The lowest BCUT2D eigenvalue weighted by Crippen LogP contribution is -2.33. The van der Waals surface area contributed by atoms with Gasteiger partial charge in [0, 0.05) is 12.0 Å². The normalized spacial score (nSPS) is 21.6. The van der Waals surface area contributed by atoms with Crippen LogP contribution < -0.4 is 4.74 Å². The van der Waals surface area contributed by atoms with Crippen molar-refractivity contribution in [3.63, 3.8) is 0 Å². The molecule has 0 saturated heterocycles. The fourth-order valence-electron chi connectivity index (χ4n) is 2.69. The Hall–Kier alpha value is -1.80. The molecule has 0 amide bonds. The lowest BCUT2D eigenvalue weighted by atomic mass is 9.81.